The molecule has 0 radical (unpaired) electrons. The lowest BCUT2D eigenvalue weighted by molar-refractivity contribution is -0.148. The highest BCUT2D eigenvalue weighted by molar-refractivity contribution is 5.85. The van der Waals surface area contributed by atoms with Crippen LogP contribution in [0, 0.1) is 0 Å². The van der Waals surface area contributed by atoms with Crippen molar-refractivity contribution in [1.29, 1.82) is 0 Å². The Kier molecular flexibility index (Phi) is 6.54. The largest absolute Gasteiger partial charge is 0.481 e. The molecule has 2 saturated heterocycles. The van der Waals surface area contributed by atoms with Crippen molar-refractivity contribution >= 4 is 29.3 Å². The molecule has 2 aliphatic heterocycles. The van der Waals surface area contributed by atoms with Crippen LogP contribution >= 0.6 is 12.4 Å². The van der Waals surface area contributed by atoms with Crippen molar-refractivity contribution in [3.63, 3.8) is 0 Å². The van der Waals surface area contributed by atoms with Gasteiger partial charge in [0.05, 0.1) is 0 Å². The zero-order chi connectivity index (χ0) is 19.8. The van der Waals surface area contributed by atoms with Crippen LogP contribution in [0.3, 0.4) is 0 Å². The molecule has 1 amide bonds. The number of nitrogens with zero attached hydrogens (tertiary/aromatic N) is 1. The topological polar surface area (TPSA) is 85.8 Å². The number of carbonyl (C=O) groups excluding carboxylic acids is 1. The van der Waals surface area contributed by atoms with Crippen LogP contribution < -0.4 is 16.1 Å². The van der Waals surface area contributed by atoms with Gasteiger partial charge < -0.3 is 19.8 Å². The molecule has 4 atom stereocenters. The van der Waals surface area contributed by atoms with E-state index in [1.54, 1.807) is 13.0 Å². The number of aryl methyl sites for hydroxylation is 1. The SMILES string of the molecule is CCc1cc(=O)oc2cc(OC(C)C(=O)N3[C@@H]4CCC[C@H]3CC(N)C4)ccc12.Cl. The molecule has 0 saturated carbocycles. The summed E-state index contributed by atoms with van der Waals surface area (Å²) in [6.07, 6.45) is 5.08. The fraction of sp³-hybridized carbons (Fsp3) is 0.545. The van der Waals surface area contributed by atoms with E-state index in [1.165, 1.54) is 6.07 Å². The van der Waals surface area contributed by atoms with Gasteiger partial charge in [0, 0.05) is 35.6 Å². The van der Waals surface area contributed by atoms with Gasteiger partial charge in [-0.05, 0) is 63.1 Å². The first-order valence-corrected chi connectivity index (χ1v) is 10.3. The van der Waals surface area contributed by atoms with Crippen molar-refractivity contribution in [2.75, 3.05) is 0 Å². The van der Waals surface area contributed by atoms with E-state index in [9.17, 15) is 9.59 Å². The smallest absolute Gasteiger partial charge is 0.336 e. The monoisotopic (exact) mass is 420 g/mol. The van der Waals surface area contributed by atoms with Crippen molar-refractivity contribution < 1.29 is 13.9 Å². The van der Waals surface area contributed by atoms with Gasteiger partial charge in [0.2, 0.25) is 0 Å². The number of hydrogen-bond donors (Lipinski definition) is 1. The molecule has 158 valence electrons. The molecule has 7 heteroatoms. The second-order valence-electron chi connectivity index (χ2n) is 8.08. The fourth-order valence-electron chi connectivity index (χ4n) is 4.82. The summed E-state index contributed by atoms with van der Waals surface area (Å²) in [5.41, 5.74) is 7.23. The van der Waals surface area contributed by atoms with Crippen LogP contribution in [0.2, 0.25) is 0 Å². The van der Waals surface area contributed by atoms with Crippen LogP contribution in [-0.2, 0) is 11.2 Å². The molecule has 6 nitrogen and oxygen atoms in total. The zero-order valence-electron chi connectivity index (χ0n) is 16.9. The summed E-state index contributed by atoms with van der Waals surface area (Å²) < 4.78 is 11.3. The van der Waals surface area contributed by atoms with E-state index in [1.807, 2.05) is 24.0 Å². The molecule has 29 heavy (non-hydrogen) atoms. The highest BCUT2D eigenvalue weighted by atomic mass is 35.5. The molecular weight excluding hydrogens is 392 g/mol. The Hall–Kier alpha value is -2.05. The molecule has 2 bridgehead atoms. The predicted molar refractivity (Wildman–Crippen MR) is 115 cm³/mol. The Bertz CT molecular complexity index is 930. The van der Waals surface area contributed by atoms with Gasteiger partial charge in [-0.1, -0.05) is 6.92 Å². The maximum Gasteiger partial charge on any atom is 0.336 e. The van der Waals surface area contributed by atoms with E-state index in [-0.39, 0.29) is 42.1 Å². The normalized spacial score (nSPS) is 24.7. The van der Waals surface area contributed by atoms with Gasteiger partial charge in [-0.25, -0.2) is 4.79 Å². The first-order chi connectivity index (χ1) is 13.5. The van der Waals surface area contributed by atoms with Crippen molar-refractivity contribution in [3.05, 3.63) is 40.2 Å². The third-order valence-electron chi connectivity index (χ3n) is 6.11. The number of carbonyl (C=O) groups is 1. The number of piperidine rings is 2. The summed E-state index contributed by atoms with van der Waals surface area (Å²) >= 11 is 0. The molecule has 2 N–H and O–H groups in total. The molecule has 0 spiro atoms. The Labute approximate surface area is 176 Å². The molecular formula is C22H29ClN2O4. The van der Waals surface area contributed by atoms with E-state index in [0.29, 0.717) is 11.3 Å². The standard InChI is InChI=1S/C22H28N2O4.ClH/c1-3-14-9-21(25)28-20-12-18(7-8-19(14)20)27-13(2)22(26)24-16-5-4-6-17(24)11-15(23)10-16;/h7-9,12-13,15-17H,3-6,10-11,23H2,1-2H3;1H/t13?,15?,16-,17+;. The van der Waals surface area contributed by atoms with Gasteiger partial charge in [-0.3, -0.25) is 4.79 Å². The molecule has 3 heterocycles. The molecule has 1 aromatic heterocycles. The third-order valence-corrected chi connectivity index (χ3v) is 6.11. The Morgan fingerprint density at radius 2 is 1.97 bits per heavy atom. The molecule has 2 aliphatic rings. The minimum absolute atomic E-state index is 0. The maximum atomic E-state index is 13.1. The van der Waals surface area contributed by atoms with Gasteiger partial charge in [0.25, 0.3) is 5.91 Å². The van der Waals surface area contributed by atoms with Crippen LogP contribution in [0.5, 0.6) is 5.75 Å². The minimum atomic E-state index is -0.601. The number of benzene rings is 1. The fourth-order valence-corrected chi connectivity index (χ4v) is 4.82. The number of halogens is 1. The molecule has 2 fully saturated rings. The van der Waals surface area contributed by atoms with Crippen LogP contribution in [0.15, 0.2) is 33.5 Å². The number of hydrogen-bond acceptors (Lipinski definition) is 5. The average Bonchev–Trinajstić information content (AvgIpc) is 2.65. The number of ether oxygens (including phenoxy) is 1. The van der Waals surface area contributed by atoms with Crippen molar-refractivity contribution in [3.8, 4) is 5.75 Å². The van der Waals surface area contributed by atoms with E-state index < -0.39 is 6.10 Å². The molecule has 4 rings (SSSR count). The summed E-state index contributed by atoms with van der Waals surface area (Å²) in [5, 5.41) is 0.896. The van der Waals surface area contributed by atoms with Crippen LogP contribution in [0.4, 0.5) is 0 Å². The van der Waals surface area contributed by atoms with Crippen LogP contribution in [0.25, 0.3) is 11.0 Å². The summed E-state index contributed by atoms with van der Waals surface area (Å²) in [5.74, 6) is 0.550. The first kappa shape index (κ1) is 21.7. The average molecular weight is 421 g/mol. The van der Waals surface area contributed by atoms with E-state index in [2.05, 4.69) is 0 Å². The van der Waals surface area contributed by atoms with Crippen molar-refractivity contribution in [2.45, 2.75) is 76.6 Å². The second kappa shape index (κ2) is 8.76. The molecule has 0 aliphatic carbocycles. The quantitative estimate of drug-likeness (QED) is 0.766. The Morgan fingerprint density at radius 1 is 1.28 bits per heavy atom. The maximum absolute atomic E-state index is 13.1. The van der Waals surface area contributed by atoms with Crippen molar-refractivity contribution in [1.82, 2.24) is 4.90 Å². The van der Waals surface area contributed by atoms with E-state index >= 15 is 0 Å². The number of rotatable bonds is 4. The van der Waals surface area contributed by atoms with Crippen LogP contribution in [0.1, 0.15) is 51.5 Å². The summed E-state index contributed by atoms with van der Waals surface area (Å²) in [7, 11) is 0. The van der Waals surface area contributed by atoms with Gasteiger partial charge in [-0.2, -0.15) is 0 Å². The third kappa shape index (κ3) is 4.28. The van der Waals surface area contributed by atoms with E-state index in [4.69, 9.17) is 14.9 Å². The van der Waals surface area contributed by atoms with Crippen molar-refractivity contribution in [2.24, 2.45) is 5.73 Å². The van der Waals surface area contributed by atoms with Gasteiger partial charge in [0.15, 0.2) is 6.10 Å². The number of fused-ring (bicyclic) bond motifs is 3. The Balaban J connectivity index is 0.00000240. The predicted octanol–water partition coefficient (Wildman–Crippen LogP) is 3.42. The van der Waals surface area contributed by atoms with Gasteiger partial charge in [0.1, 0.15) is 11.3 Å². The summed E-state index contributed by atoms with van der Waals surface area (Å²) in [6, 6.07) is 7.58. The molecule has 1 aromatic carbocycles. The van der Waals surface area contributed by atoms with Crippen LogP contribution in [-0.4, -0.2) is 35.0 Å². The molecule has 2 unspecified atom stereocenters. The van der Waals surface area contributed by atoms with Gasteiger partial charge in [-0.15, -0.1) is 12.4 Å². The summed E-state index contributed by atoms with van der Waals surface area (Å²) in [4.78, 5) is 26.9. The lowest BCUT2D eigenvalue weighted by Gasteiger charge is -2.48. The highest BCUT2D eigenvalue weighted by Gasteiger charge is 2.41. The number of amides is 1. The lowest BCUT2D eigenvalue weighted by atomic mass is 9.82. The summed E-state index contributed by atoms with van der Waals surface area (Å²) in [6.45, 7) is 3.79. The van der Waals surface area contributed by atoms with E-state index in [0.717, 1.165) is 49.5 Å². The minimum Gasteiger partial charge on any atom is -0.481 e. The molecule has 2 aromatic rings. The lowest BCUT2D eigenvalue weighted by Crippen LogP contribution is -2.59. The highest BCUT2D eigenvalue weighted by Crippen LogP contribution is 2.34. The zero-order valence-corrected chi connectivity index (χ0v) is 17.7. The second-order valence-corrected chi connectivity index (χ2v) is 8.08. The number of nitrogens with two attached hydrogens (primary N) is 1. The van der Waals surface area contributed by atoms with Gasteiger partial charge >= 0.3 is 5.63 Å². The first-order valence-electron chi connectivity index (χ1n) is 10.3. The Morgan fingerprint density at radius 3 is 2.62 bits per heavy atom.